The van der Waals surface area contributed by atoms with Gasteiger partial charge in [-0.05, 0) is 25.0 Å². The first-order chi connectivity index (χ1) is 9.26. The molecule has 2 aromatic rings. The van der Waals surface area contributed by atoms with E-state index in [1.807, 2.05) is 12.1 Å². The molecule has 0 saturated heterocycles. The van der Waals surface area contributed by atoms with E-state index in [0.717, 1.165) is 30.6 Å². The number of amides is 1. The number of hydrogen-bond donors (Lipinski definition) is 0. The highest BCUT2D eigenvalue weighted by Crippen LogP contribution is 2.17. The van der Waals surface area contributed by atoms with E-state index in [1.54, 1.807) is 11.3 Å². The molecule has 0 N–H and O–H groups in total. The molecule has 3 nitrogen and oxygen atoms in total. The van der Waals surface area contributed by atoms with Gasteiger partial charge in [0.05, 0.1) is 10.2 Å². The Kier molecular flexibility index (Phi) is 4.91. The Hall–Kier alpha value is -1.42. The summed E-state index contributed by atoms with van der Waals surface area (Å²) in [5, 5.41) is 0. The van der Waals surface area contributed by atoms with Gasteiger partial charge in [-0.3, -0.25) is 4.79 Å². The van der Waals surface area contributed by atoms with Crippen LogP contribution < -0.4 is 4.80 Å². The van der Waals surface area contributed by atoms with Gasteiger partial charge in [0.25, 0.3) is 0 Å². The number of nitrogens with zero attached hydrogens (tertiary/aromatic N) is 2. The Morgan fingerprint density at radius 3 is 2.79 bits per heavy atom. The van der Waals surface area contributed by atoms with Gasteiger partial charge in [-0.25, -0.2) is 0 Å². The number of benzene rings is 1. The van der Waals surface area contributed by atoms with E-state index < -0.39 is 0 Å². The maximum atomic E-state index is 11.8. The quantitative estimate of drug-likeness (QED) is 0.819. The Balaban J connectivity index is 2.43. The van der Waals surface area contributed by atoms with Crippen molar-refractivity contribution in [2.75, 3.05) is 0 Å². The van der Waals surface area contributed by atoms with Crippen molar-refractivity contribution in [3.05, 3.63) is 29.1 Å². The summed E-state index contributed by atoms with van der Waals surface area (Å²) in [6.45, 7) is 5.13. The van der Waals surface area contributed by atoms with E-state index in [1.165, 1.54) is 10.2 Å². The van der Waals surface area contributed by atoms with Crippen LogP contribution in [0.1, 0.15) is 39.5 Å². The van der Waals surface area contributed by atoms with E-state index in [0.29, 0.717) is 6.42 Å². The van der Waals surface area contributed by atoms with Gasteiger partial charge < -0.3 is 4.57 Å². The van der Waals surface area contributed by atoms with Crippen LogP contribution in [0.25, 0.3) is 10.2 Å². The number of unbranched alkanes of at least 4 members (excludes halogenated alkanes) is 1. The highest BCUT2D eigenvalue weighted by Gasteiger charge is 2.06. The second kappa shape index (κ2) is 6.66. The summed E-state index contributed by atoms with van der Waals surface area (Å²) in [4.78, 5) is 17.0. The topological polar surface area (TPSA) is 34.4 Å². The molecule has 0 aliphatic heterocycles. The van der Waals surface area contributed by atoms with Crippen LogP contribution in [0.3, 0.4) is 0 Å². The zero-order valence-corrected chi connectivity index (χ0v) is 12.4. The first kappa shape index (κ1) is 14.0. The van der Waals surface area contributed by atoms with Gasteiger partial charge in [-0.2, -0.15) is 4.99 Å². The van der Waals surface area contributed by atoms with Crippen molar-refractivity contribution >= 4 is 27.5 Å². The largest absolute Gasteiger partial charge is 0.316 e. The van der Waals surface area contributed by atoms with Crippen LogP contribution in [0.2, 0.25) is 0 Å². The number of carbonyl (C=O) groups is 1. The van der Waals surface area contributed by atoms with Gasteiger partial charge in [0.15, 0.2) is 4.80 Å². The molecule has 1 amide bonds. The van der Waals surface area contributed by atoms with Gasteiger partial charge in [-0.1, -0.05) is 43.7 Å². The number of thiazole rings is 1. The number of fused-ring (bicyclic) bond motifs is 1. The summed E-state index contributed by atoms with van der Waals surface area (Å²) < 4.78 is 3.35. The van der Waals surface area contributed by atoms with E-state index in [9.17, 15) is 4.79 Å². The van der Waals surface area contributed by atoms with Gasteiger partial charge in [0.1, 0.15) is 0 Å². The summed E-state index contributed by atoms with van der Waals surface area (Å²) >= 11 is 1.60. The summed E-state index contributed by atoms with van der Waals surface area (Å²) in [6, 6.07) is 8.24. The molecular formula is C15H20N2OS. The van der Waals surface area contributed by atoms with Crippen LogP contribution >= 0.6 is 11.3 Å². The number of para-hydroxylation sites is 1. The van der Waals surface area contributed by atoms with Gasteiger partial charge in [0.2, 0.25) is 5.91 Å². The van der Waals surface area contributed by atoms with Crippen molar-refractivity contribution < 1.29 is 4.79 Å². The van der Waals surface area contributed by atoms with Crippen LogP contribution in [0.15, 0.2) is 29.3 Å². The van der Waals surface area contributed by atoms with Crippen LogP contribution in [-0.2, 0) is 11.3 Å². The molecule has 0 unspecified atom stereocenters. The molecule has 0 aliphatic carbocycles. The average molecular weight is 276 g/mol. The third-order valence-electron chi connectivity index (χ3n) is 3.00. The van der Waals surface area contributed by atoms with Crippen molar-refractivity contribution in [2.45, 2.75) is 46.1 Å². The summed E-state index contributed by atoms with van der Waals surface area (Å²) in [5.74, 6) is -0.00161. The third kappa shape index (κ3) is 3.32. The van der Waals surface area contributed by atoms with Crippen molar-refractivity contribution in [1.29, 1.82) is 0 Å². The molecule has 1 heterocycles. The van der Waals surface area contributed by atoms with Gasteiger partial charge in [0, 0.05) is 13.0 Å². The third-order valence-corrected chi connectivity index (χ3v) is 4.06. The molecule has 1 aromatic heterocycles. The van der Waals surface area contributed by atoms with Crippen molar-refractivity contribution in [2.24, 2.45) is 4.99 Å². The van der Waals surface area contributed by atoms with Gasteiger partial charge in [-0.15, -0.1) is 0 Å². The molecule has 102 valence electrons. The zero-order valence-electron chi connectivity index (χ0n) is 11.6. The second-order valence-corrected chi connectivity index (χ2v) is 5.62. The fourth-order valence-corrected chi connectivity index (χ4v) is 3.11. The van der Waals surface area contributed by atoms with Crippen LogP contribution in [0.5, 0.6) is 0 Å². The normalized spacial score (nSPS) is 12.2. The number of aromatic nitrogens is 1. The molecule has 2 rings (SSSR count). The Labute approximate surface area is 117 Å². The molecule has 0 spiro atoms. The minimum absolute atomic E-state index is 0.00161. The van der Waals surface area contributed by atoms with E-state index in [2.05, 4.69) is 35.5 Å². The molecule has 0 atom stereocenters. The first-order valence-corrected chi connectivity index (χ1v) is 7.73. The highest BCUT2D eigenvalue weighted by molar-refractivity contribution is 7.16. The number of rotatable bonds is 5. The van der Waals surface area contributed by atoms with E-state index in [-0.39, 0.29) is 5.91 Å². The molecular weight excluding hydrogens is 256 g/mol. The standard InChI is InChI=1S/C15H20N2OS/c1-3-5-10-14(18)16-15-17(11-4-2)12-8-6-7-9-13(12)19-15/h6-9H,3-5,10-11H2,1-2H3. The fourth-order valence-electron chi connectivity index (χ4n) is 2.04. The highest BCUT2D eigenvalue weighted by atomic mass is 32.1. The van der Waals surface area contributed by atoms with Crippen molar-refractivity contribution in [3.63, 3.8) is 0 Å². The monoisotopic (exact) mass is 276 g/mol. The fraction of sp³-hybridized carbons (Fsp3) is 0.467. The summed E-state index contributed by atoms with van der Waals surface area (Å²) in [6.07, 6.45) is 3.54. The average Bonchev–Trinajstić information content (AvgIpc) is 2.75. The molecule has 0 radical (unpaired) electrons. The lowest BCUT2D eigenvalue weighted by atomic mass is 10.2. The lowest BCUT2D eigenvalue weighted by molar-refractivity contribution is -0.118. The molecule has 19 heavy (non-hydrogen) atoms. The molecule has 1 aromatic carbocycles. The van der Waals surface area contributed by atoms with Crippen LogP contribution in [-0.4, -0.2) is 10.5 Å². The molecule has 0 fully saturated rings. The van der Waals surface area contributed by atoms with Crippen LogP contribution in [0, 0.1) is 0 Å². The smallest absolute Gasteiger partial charge is 0.248 e. The molecule has 4 heteroatoms. The van der Waals surface area contributed by atoms with E-state index in [4.69, 9.17) is 0 Å². The number of carbonyl (C=O) groups excluding carboxylic acids is 1. The lowest BCUT2D eigenvalue weighted by Gasteiger charge is -2.01. The maximum absolute atomic E-state index is 11.8. The molecule has 0 saturated carbocycles. The molecule has 0 aliphatic rings. The van der Waals surface area contributed by atoms with Gasteiger partial charge >= 0.3 is 0 Å². The minimum Gasteiger partial charge on any atom is -0.316 e. The zero-order chi connectivity index (χ0) is 13.7. The summed E-state index contributed by atoms with van der Waals surface area (Å²) in [5.41, 5.74) is 1.18. The number of hydrogen-bond acceptors (Lipinski definition) is 2. The van der Waals surface area contributed by atoms with Crippen molar-refractivity contribution in [3.8, 4) is 0 Å². The Morgan fingerprint density at radius 2 is 2.05 bits per heavy atom. The van der Waals surface area contributed by atoms with Crippen molar-refractivity contribution in [1.82, 2.24) is 4.57 Å². The predicted octanol–water partition coefficient (Wildman–Crippen LogP) is 3.73. The van der Waals surface area contributed by atoms with E-state index >= 15 is 0 Å². The van der Waals surface area contributed by atoms with Crippen LogP contribution in [0.4, 0.5) is 0 Å². The maximum Gasteiger partial charge on any atom is 0.248 e. The molecule has 0 bridgehead atoms. The number of aryl methyl sites for hydroxylation is 1. The Bertz CT molecular complexity index is 624. The SMILES string of the molecule is CCCCC(=O)N=c1sc2ccccc2n1CCC. The predicted molar refractivity (Wildman–Crippen MR) is 80.2 cm³/mol. The second-order valence-electron chi connectivity index (χ2n) is 4.61. The summed E-state index contributed by atoms with van der Waals surface area (Å²) in [7, 11) is 0. The lowest BCUT2D eigenvalue weighted by Crippen LogP contribution is -2.16. The first-order valence-electron chi connectivity index (χ1n) is 6.92. The Morgan fingerprint density at radius 1 is 1.26 bits per heavy atom. The minimum atomic E-state index is -0.00161.